The van der Waals surface area contributed by atoms with Gasteiger partial charge in [0, 0.05) is 23.0 Å². The van der Waals surface area contributed by atoms with Gasteiger partial charge in [0.15, 0.2) is 0 Å². The number of hydrogen-bond acceptors (Lipinski definition) is 2. The zero-order valence-electron chi connectivity index (χ0n) is 35.6. The van der Waals surface area contributed by atoms with Crippen molar-refractivity contribution in [1.82, 2.24) is 14.1 Å². The van der Waals surface area contributed by atoms with Crippen LogP contribution in [0.4, 0.5) is 0 Å². The molecule has 5 nitrogen and oxygen atoms in total. The van der Waals surface area contributed by atoms with E-state index in [0.29, 0.717) is 29.3 Å². The van der Waals surface area contributed by atoms with Crippen LogP contribution in [0, 0.1) is 11.7 Å². The van der Waals surface area contributed by atoms with Gasteiger partial charge < -0.3 is 4.74 Å². The molecule has 5 heteroatoms. The first kappa shape index (κ1) is 31.9. The molecule has 58 heavy (non-hydrogen) atoms. The normalized spacial score (nSPS) is 12.5. The summed E-state index contributed by atoms with van der Waals surface area (Å²) in [5, 5.41) is 1.97. The van der Waals surface area contributed by atoms with Crippen molar-refractivity contribution >= 4 is 32.8 Å². The van der Waals surface area contributed by atoms with Crippen LogP contribution in [0.1, 0.15) is 30.4 Å². The van der Waals surface area contributed by atoms with Crippen LogP contribution in [-0.4, -0.2) is 14.1 Å². The topological polar surface area (TPSA) is 35.9 Å². The lowest BCUT2D eigenvalue weighted by atomic mass is 9.88. The number of pyridine rings is 1. The van der Waals surface area contributed by atoms with Crippen LogP contribution in [-0.2, 0) is 6.42 Å². The maximum absolute atomic E-state index is 9.33. The first-order valence-corrected chi connectivity index (χ1v) is 19.6. The molecule has 280 valence electrons. The molecule has 0 spiro atoms. The lowest BCUT2D eigenvalue weighted by Crippen LogP contribution is -2.31. The van der Waals surface area contributed by atoms with E-state index < -0.39 is 0 Å². The fraction of sp³-hybridized carbons (Fsp3) is 0.0943. The van der Waals surface area contributed by atoms with Crippen molar-refractivity contribution in [2.24, 2.45) is 5.41 Å². The van der Waals surface area contributed by atoms with Gasteiger partial charge in [-0.1, -0.05) is 148 Å². The van der Waals surface area contributed by atoms with Crippen LogP contribution in [0.3, 0.4) is 0 Å². The second kappa shape index (κ2) is 14.4. The third-order valence-electron chi connectivity index (χ3n) is 10.5. The average Bonchev–Trinajstić information content (AvgIpc) is 3.82. The van der Waals surface area contributed by atoms with Gasteiger partial charge in [-0.05, 0) is 88.1 Å². The first-order valence-electron chi connectivity index (χ1n) is 21.1. The summed E-state index contributed by atoms with van der Waals surface area (Å²) in [6.07, 6.45) is 4.09. The van der Waals surface area contributed by atoms with Crippen LogP contribution in [0.15, 0.2) is 188 Å². The Hall–Kier alpha value is -7.24. The number of nitrogens with zero attached hydrogens (tertiary/aromatic N) is 4. The Morgan fingerprint density at radius 3 is 2.02 bits per heavy atom. The van der Waals surface area contributed by atoms with E-state index in [1.54, 1.807) is 0 Å². The highest BCUT2D eigenvalue weighted by Crippen LogP contribution is 2.37. The molecule has 10 rings (SSSR count). The van der Waals surface area contributed by atoms with E-state index in [4.69, 9.17) is 7.48 Å². The van der Waals surface area contributed by atoms with Gasteiger partial charge in [0.2, 0.25) is 0 Å². The Morgan fingerprint density at radius 2 is 1.28 bits per heavy atom. The number of fused-ring (bicyclic) bond motifs is 4. The standard InChI is InChI=1S/C53H42N4O/c1-53(2,3)35-37-30-31-54-51(32-37)57-47-25-11-10-22-45(47)46-29-28-42(34-50(46)57)58-41-21-14-20-40(33-41)55-36-56(49-27-13-12-26-48(49)55)52-43(38-16-6-4-7-17-38)23-15-24-44(52)39-18-8-5-9-19-39/h4-34H,35H2,1-3H3/i30D,31D,32D. The lowest BCUT2D eigenvalue weighted by molar-refractivity contribution is -0.571. The number of hydrogen-bond donors (Lipinski definition) is 0. The summed E-state index contributed by atoms with van der Waals surface area (Å²) in [6.45, 7) is 6.24. The van der Waals surface area contributed by atoms with E-state index in [2.05, 4.69) is 144 Å². The van der Waals surface area contributed by atoms with E-state index in [0.717, 1.165) is 66.5 Å². The quantitative estimate of drug-likeness (QED) is 0.114. The SMILES string of the molecule is [2H]c1nc(-n2c3ccccc3c3ccc(Oc4cccc(-n5[c-][n+](-c6c(-c7ccccc7)cccc6-c6ccccc6)c6ccccc65)c4)cc32)c([2H])c(CC(C)(C)C)c1[2H]. The molecule has 7 aromatic carbocycles. The Bertz CT molecular complexity index is 3220. The zero-order chi connectivity index (χ0) is 41.8. The minimum Gasteiger partial charge on any atom is -0.458 e. The zero-order valence-corrected chi connectivity index (χ0v) is 32.6. The molecule has 3 heterocycles. The predicted molar refractivity (Wildman–Crippen MR) is 236 cm³/mol. The van der Waals surface area contributed by atoms with E-state index in [1.807, 2.05) is 71.3 Å². The van der Waals surface area contributed by atoms with E-state index >= 15 is 0 Å². The smallest absolute Gasteiger partial charge is 0.269 e. The van der Waals surface area contributed by atoms with Crippen molar-refractivity contribution in [2.75, 3.05) is 0 Å². The summed E-state index contributed by atoms with van der Waals surface area (Å²) in [5.74, 6) is 1.59. The second-order valence-corrected chi connectivity index (χ2v) is 15.8. The number of rotatable bonds is 8. The van der Waals surface area contributed by atoms with Gasteiger partial charge in [-0.3, -0.25) is 13.7 Å². The average molecular weight is 754 g/mol. The van der Waals surface area contributed by atoms with Gasteiger partial charge in [0.05, 0.1) is 37.6 Å². The van der Waals surface area contributed by atoms with Gasteiger partial charge in [0.25, 0.3) is 6.33 Å². The summed E-state index contributed by atoms with van der Waals surface area (Å²) in [7, 11) is 0. The Labute approximate surface area is 342 Å². The second-order valence-electron chi connectivity index (χ2n) is 15.8. The summed E-state index contributed by atoms with van der Waals surface area (Å²) < 4.78 is 39.6. The third-order valence-corrected chi connectivity index (χ3v) is 10.5. The van der Waals surface area contributed by atoms with E-state index in [1.165, 1.54) is 0 Å². The molecule has 0 atom stereocenters. The summed E-state index contributed by atoms with van der Waals surface area (Å²) in [4.78, 5) is 4.56. The van der Waals surface area contributed by atoms with Gasteiger partial charge in [0.1, 0.15) is 17.3 Å². The lowest BCUT2D eigenvalue weighted by Gasteiger charge is -2.18. The molecule has 0 fully saturated rings. The molecule has 0 aliphatic carbocycles. The van der Waals surface area contributed by atoms with Crippen molar-refractivity contribution in [1.29, 1.82) is 0 Å². The Balaban J connectivity index is 1.09. The van der Waals surface area contributed by atoms with Crippen molar-refractivity contribution in [3.8, 4) is 50.9 Å². The van der Waals surface area contributed by atoms with Crippen LogP contribution in [0.25, 0.3) is 72.3 Å². The van der Waals surface area contributed by atoms with Crippen molar-refractivity contribution < 1.29 is 13.4 Å². The maximum atomic E-state index is 9.33. The molecule has 0 unspecified atom stereocenters. The molecule has 0 radical (unpaired) electrons. The van der Waals surface area contributed by atoms with Gasteiger partial charge in [-0.25, -0.2) is 4.98 Å². The minimum atomic E-state index is -0.185. The highest BCUT2D eigenvalue weighted by Gasteiger charge is 2.20. The van der Waals surface area contributed by atoms with Gasteiger partial charge >= 0.3 is 0 Å². The van der Waals surface area contributed by atoms with Crippen LogP contribution in [0.5, 0.6) is 11.5 Å². The molecular weight excluding hydrogens is 709 g/mol. The Morgan fingerprint density at radius 1 is 0.638 bits per heavy atom. The summed E-state index contributed by atoms with van der Waals surface area (Å²) in [6, 6.07) is 58.0. The molecule has 3 aromatic heterocycles. The number of ether oxygens (including phenoxy) is 1. The fourth-order valence-corrected chi connectivity index (χ4v) is 8.03. The minimum absolute atomic E-state index is 0.00335. The predicted octanol–water partition coefficient (Wildman–Crippen LogP) is 12.9. The van der Waals surface area contributed by atoms with Crippen LogP contribution >= 0.6 is 0 Å². The van der Waals surface area contributed by atoms with Crippen molar-refractivity contribution in [3.63, 3.8) is 0 Å². The Kier molecular flexibility index (Phi) is 7.90. The van der Waals surface area contributed by atoms with Gasteiger partial charge in [-0.15, -0.1) is 0 Å². The van der Waals surface area contributed by atoms with Crippen LogP contribution < -0.4 is 9.30 Å². The van der Waals surface area contributed by atoms with Crippen LogP contribution in [0.2, 0.25) is 0 Å². The molecule has 0 N–H and O–H groups in total. The summed E-state index contributed by atoms with van der Waals surface area (Å²) in [5.41, 5.74) is 10.4. The number of imidazole rings is 1. The number of benzene rings is 7. The summed E-state index contributed by atoms with van der Waals surface area (Å²) >= 11 is 0. The highest BCUT2D eigenvalue weighted by atomic mass is 16.5. The van der Waals surface area contributed by atoms with Crippen molar-refractivity contribution in [2.45, 2.75) is 27.2 Å². The van der Waals surface area contributed by atoms with E-state index in [9.17, 15) is 1.37 Å². The van der Waals surface area contributed by atoms with E-state index in [-0.39, 0.29) is 23.7 Å². The molecule has 0 bridgehead atoms. The van der Waals surface area contributed by atoms with Gasteiger partial charge in [-0.2, -0.15) is 0 Å². The first-order chi connectivity index (χ1) is 29.6. The number of para-hydroxylation sites is 4. The molecule has 0 saturated carbocycles. The van der Waals surface area contributed by atoms with Crippen molar-refractivity contribution in [3.05, 3.63) is 200 Å². The molecule has 0 amide bonds. The maximum Gasteiger partial charge on any atom is 0.269 e. The molecule has 0 aliphatic rings. The third kappa shape index (κ3) is 6.50. The molecule has 0 saturated heterocycles. The largest absolute Gasteiger partial charge is 0.458 e. The highest BCUT2D eigenvalue weighted by molar-refractivity contribution is 6.09. The molecule has 10 aromatic rings. The fourth-order valence-electron chi connectivity index (χ4n) is 8.03. The molecular formula is C53H42N4O. The monoisotopic (exact) mass is 753 g/mol. The number of aromatic nitrogens is 4. The molecule has 0 aliphatic heterocycles.